The highest BCUT2D eigenvalue weighted by molar-refractivity contribution is 9.10. The number of ether oxygens (including phenoxy) is 1. The minimum atomic E-state index is 0.613. The average molecular weight is 426 g/mol. The third-order valence-corrected chi connectivity index (χ3v) is 4.86. The highest BCUT2D eigenvalue weighted by Crippen LogP contribution is 2.22. The molecule has 3 rings (SSSR count). The third kappa shape index (κ3) is 5.86. The zero-order valence-electron chi connectivity index (χ0n) is 15.6. The van der Waals surface area contributed by atoms with E-state index in [0.717, 1.165) is 40.1 Å². The monoisotopic (exact) mass is 425 g/mol. The Morgan fingerprint density at radius 2 is 1.52 bits per heavy atom. The van der Waals surface area contributed by atoms with Crippen LogP contribution in [0.25, 0.3) is 22.6 Å². The molecule has 5 heteroatoms. The molecule has 27 heavy (non-hydrogen) atoms. The molecular formula is C22H24BrN3O. The normalized spacial score (nSPS) is 10.7. The number of hydrogen-bond donors (Lipinski definition) is 0. The summed E-state index contributed by atoms with van der Waals surface area (Å²) in [6, 6.07) is 15.8. The quantitative estimate of drug-likeness (QED) is 0.376. The standard InChI is InChI=1S/C22H24BrN3O/c1-2-3-4-5-6-15-27-20-13-9-18(10-14-20)22-24-16-21(25-26-22)17-7-11-19(23)12-8-17/h7-14,16H,2-6,15H2,1H3. The first kappa shape index (κ1) is 19.5. The Labute approximate surface area is 169 Å². The number of benzene rings is 2. The van der Waals surface area contributed by atoms with Crippen LogP contribution in [-0.2, 0) is 0 Å². The van der Waals surface area contributed by atoms with Gasteiger partial charge in [-0.15, -0.1) is 10.2 Å². The number of halogens is 1. The number of aromatic nitrogens is 3. The van der Waals surface area contributed by atoms with E-state index in [2.05, 4.69) is 38.0 Å². The summed E-state index contributed by atoms with van der Waals surface area (Å²) in [6.45, 7) is 2.99. The molecular weight excluding hydrogens is 402 g/mol. The van der Waals surface area contributed by atoms with Crippen molar-refractivity contribution < 1.29 is 4.74 Å². The highest BCUT2D eigenvalue weighted by Gasteiger charge is 2.05. The van der Waals surface area contributed by atoms with E-state index in [1.807, 2.05) is 48.5 Å². The first-order valence-electron chi connectivity index (χ1n) is 9.45. The maximum atomic E-state index is 5.80. The summed E-state index contributed by atoms with van der Waals surface area (Å²) < 4.78 is 6.84. The maximum Gasteiger partial charge on any atom is 0.181 e. The molecule has 0 spiro atoms. The second kappa shape index (κ2) is 10.2. The van der Waals surface area contributed by atoms with Crippen molar-refractivity contribution in [1.29, 1.82) is 0 Å². The van der Waals surface area contributed by atoms with Gasteiger partial charge in [0.2, 0.25) is 0 Å². The van der Waals surface area contributed by atoms with E-state index in [1.54, 1.807) is 6.20 Å². The van der Waals surface area contributed by atoms with E-state index in [1.165, 1.54) is 25.7 Å². The minimum absolute atomic E-state index is 0.613. The summed E-state index contributed by atoms with van der Waals surface area (Å²) in [5.74, 6) is 1.50. The van der Waals surface area contributed by atoms with Crippen molar-refractivity contribution in [3.63, 3.8) is 0 Å². The first-order valence-corrected chi connectivity index (χ1v) is 10.2. The molecule has 0 atom stereocenters. The molecule has 1 heterocycles. The van der Waals surface area contributed by atoms with E-state index in [9.17, 15) is 0 Å². The average Bonchev–Trinajstić information content (AvgIpc) is 2.72. The van der Waals surface area contributed by atoms with Crippen molar-refractivity contribution in [3.05, 3.63) is 59.2 Å². The van der Waals surface area contributed by atoms with Gasteiger partial charge in [0.25, 0.3) is 0 Å². The molecule has 0 N–H and O–H groups in total. The first-order chi connectivity index (χ1) is 13.3. The molecule has 0 aliphatic heterocycles. The van der Waals surface area contributed by atoms with Gasteiger partial charge in [0.05, 0.1) is 12.8 Å². The fourth-order valence-corrected chi connectivity index (χ4v) is 3.02. The Balaban J connectivity index is 1.56. The van der Waals surface area contributed by atoms with Gasteiger partial charge in [-0.05, 0) is 42.8 Å². The molecule has 1 aromatic heterocycles. The molecule has 0 aliphatic carbocycles. The van der Waals surface area contributed by atoms with Crippen LogP contribution in [0.2, 0.25) is 0 Å². The summed E-state index contributed by atoms with van der Waals surface area (Å²) in [4.78, 5) is 4.46. The molecule has 0 saturated carbocycles. The van der Waals surface area contributed by atoms with Crippen molar-refractivity contribution in [2.75, 3.05) is 6.61 Å². The Morgan fingerprint density at radius 3 is 2.19 bits per heavy atom. The molecule has 0 aliphatic rings. The van der Waals surface area contributed by atoms with Gasteiger partial charge in [-0.3, -0.25) is 0 Å². The van der Waals surface area contributed by atoms with Crippen LogP contribution in [0.5, 0.6) is 5.75 Å². The summed E-state index contributed by atoms with van der Waals surface area (Å²) in [7, 11) is 0. The largest absolute Gasteiger partial charge is 0.494 e. The lowest BCUT2D eigenvalue weighted by Gasteiger charge is -2.07. The van der Waals surface area contributed by atoms with Gasteiger partial charge in [-0.2, -0.15) is 0 Å². The van der Waals surface area contributed by atoms with Crippen molar-refractivity contribution in [1.82, 2.24) is 15.2 Å². The SMILES string of the molecule is CCCCCCCOc1ccc(-c2ncc(-c3ccc(Br)cc3)nn2)cc1. The van der Waals surface area contributed by atoms with Gasteiger partial charge in [0.15, 0.2) is 5.82 Å². The van der Waals surface area contributed by atoms with Gasteiger partial charge in [-0.25, -0.2) is 4.98 Å². The molecule has 0 fully saturated rings. The summed E-state index contributed by atoms with van der Waals surface area (Å²) in [5.41, 5.74) is 2.68. The van der Waals surface area contributed by atoms with Gasteiger partial charge < -0.3 is 4.74 Å². The molecule has 3 aromatic rings. The van der Waals surface area contributed by atoms with Crippen molar-refractivity contribution >= 4 is 15.9 Å². The van der Waals surface area contributed by atoms with Crippen LogP contribution in [0, 0.1) is 0 Å². The van der Waals surface area contributed by atoms with Crippen molar-refractivity contribution in [2.24, 2.45) is 0 Å². The van der Waals surface area contributed by atoms with Crippen LogP contribution < -0.4 is 4.74 Å². The van der Waals surface area contributed by atoms with Crippen LogP contribution in [0.3, 0.4) is 0 Å². The molecule has 0 amide bonds. The van der Waals surface area contributed by atoms with Gasteiger partial charge in [0.1, 0.15) is 11.4 Å². The van der Waals surface area contributed by atoms with E-state index >= 15 is 0 Å². The number of unbranched alkanes of at least 4 members (excludes halogenated alkanes) is 4. The number of hydrogen-bond acceptors (Lipinski definition) is 4. The van der Waals surface area contributed by atoms with E-state index in [-0.39, 0.29) is 0 Å². The second-order valence-corrected chi connectivity index (χ2v) is 7.38. The summed E-state index contributed by atoms with van der Waals surface area (Å²) >= 11 is 3.43. The molecule has 140 valence electrons. The zero-order chi connectivity index (χ0) is 18.9. The fraction of sp³-hybridized carbons (Fsp3) is 0.318. The molecule has 0 bridgehead atoms. The van der Waals surface area contributed by atoms with Crippen LogP contribution in [0.15, 0.2) is 59.2 Å². The third-order valence-electron chi connectivity index (χ3n) is 4.33. The number of rotatable bonds is 9. The van der Waals surface area contributed by atoms with E-state index < -0.39 is 0 Å². The van der Waals surface area contributed by atoms with E-state index in [0.29, 0.717) is 5.82 Å². The molecule has 0 unspecified atom stereocenters. The second-order valence-electron chi connectivity index (χ2n) is 6.46. The van der Waals surface area contributed by atoms with Crippen molar-refractivity contribution in [2.45, 2.75) is 39.0 Å². The van der Waals surface area contributed by atoms with Gasteiger partial charge in [-0.1, -0.05) is 60.7 Å². The molecule has 2 aromatic carbocycles. The molecule has 4 nitrogen and oxygen atoms in total. The predicted molar refractivity (Wildman–Crippen MR) is 113 cm³/mol. The van der Waals surface area contributed by atoms with Crippen LogP contribution in [0.1, 0.15) is 39.0 Å². The zero-order valence-corrected chi connectivity index (χ0v) is 17.2. The van der Waals surface area contributed by atoms with Gasteiger partial charge in [0, 0.05) is 15.6 Å². The van der Waals surface area contributed by atoms with Gasteiger partial charge >= 0.3 is 0 Å². The lowest BCUT2D eigenvalue weighted by Crippen LogP contribution is -1.98. The molecule has 0 saturated heterocycles. The number of nitrogens with zero attached hydrogens (tertiary/aromatic N) is 3. The highest BCUT2D eigenvalue weighted by atomic mass is 79.9. The Morgan fingerprint density at radius 1 is 0.815 bits per heavy atom. The predicted octanol–water partition coefficient (Wildman–Crippen LogP) is 6.32. The van der Waals surface area contributed by atoms with Crippen LogP contribution in [0.4, 0.5) is 0 Å². The smallest absolute Gasteiger partial charge is 0.181 e. The summed E-state index contributed by atoms with van der Waals surface area (Å²) in [5, 5.41) is 8.57. The fourth-order valence-electron chi connectivity index (χ4n) is 2.76. The molecule has 0 radical (unpaired) electrons. The Hall–Kier alpha value is -2.27. The van der Waals surface area contributed by atoms with Crippen molar-refractivity contribution in [3.8, 4) is 28.4 Å². The topological polar surface area (TPSA) is 47.9 Å². The maximum absolute atomic E-state index is 5.80. The Bertz CT molecular complexity index is 818. The van der Waals surface area contributed by atoms with Crippen LogP contribution in [-0.4, -0.2) is 21.8 Å². The summed E-state index contributed by atoms with van der Waals surface area (Å²) in [6.07, 6.45) is 7.96. The van der Waals surface area contributed by atoms with Crippen LogP contribution >= 0.6 is 15.9 Å². The lowest BCUT2D eigenvalue weighted by molar-refractivity contribution is 0.304. The lowest BCUT2D eigenvalue weighted by atomic mass is 10.1. The Kier molecular flexibility index (Phi) is 7.34. The minimum Gasteiger partial charge on any atom is -0.494 e. The van der Waals surface area contributed by atoms with E-state index in [4.69, 9.17) is 4.74 Å².